The highest BCUT2D eigenvalue weighted by Gasteiger charge is 2.22. The molecule has 1 atom stereocenters. The van der Waals surface area contributed by atoms with Gasteiger partial charge in [0.15, 0.2) is 0 Å². The molecule has 1 aromatic rings. The van der Waals surface area contributed by atoms with Gasteiger partial charge in [0.05, 0.1) is 6.10 Å². The molecule has 0 fully saturated rings. The van der Waals surface area contributed by atoms with Crippen molar-refractivity contribution in [2.24, 2.45) is 5.41 Å². The highest BCUT2D eigenvalue weighted by atomic mass is 16.3. The number of rotatable bonds is 3. The predicted octanol–water partition coefficient (Wildman–Crippen LogP) is 2.98. The van der Waals surface area contributed by atoms with Crippen LogP contribution in [0.2, 0.25) is 0 Å². The van der Waals surface area contributed by atoms with Crippen LogP contribution in [0.4, 0.5) is 5.69 Å². The fraction of sp³-hybridized carbons (Fsp3) is 0.529. The van der Waals surface area contributed by atoms with Crippen LogP contribution in [0.1, 0.15) is 38.9 Å². The summed E-state index contributed by atoms with van der Waals surface area (Å²) in [6, 6.07) is 7.52. The van der Waals surface area contributed by atoms with Gasteiger partial charge in [-0.05, 0) is 29.5 Å². The number of aliphatic hydroxyl groups excluding tert-OH is 1. The lowest BCUT2D eigenvalue weighted by Crippen LogP contribution is -2.34. The van der Waals surface area contributed by atoms with Gasteiger partial charge in [-0.3, -0.25) is 4.90 Å². The Bertz CT molecular complexity index is 488. The monoisotopic (exact) mass is 274 g/mol. The van der Waals surface area contributed by atoms with Crippen LogP contribution in [0.5, 0.6) is 0 Å². The lowest BCUT2D eigenvalue weighted by molar-refractivity contribution is 0.116. The average Bonchev–Trinajstić information content (AvgIpc) is 2.38. The standard InChI is InChI=1S/C17H26N2O/c1-17(2,3)14-7-9-19(10-8-14)12-16(20)13-5-4-6-15(18)11-13/h4-7,11,16,20H,8-10,12,18H2,1-3H3. The quantitative estimate of drug-likeness (QED) is 0.658. The third-order valence-corrected chi connectivity index (χ3v) is 3.98. The van der Waals surface area contributed by atoms with Crippen molar-refractivity contribution in [3.05, 3.63) is 41.5 Å². The smallest absolute Gasteiger partial charge is 0.0917 e. The summed E-state index contributed by atoms with van der Waals surface area (Å²) < 4.78 is 0. The molecular formula is C17H26N2O. The SMILES string of the molecule is CC(C)(C)C1=CCN(CC(O)c2cccc(N)c2)CC1. The van der Waals surface area contributed by atoms with E-state index in [0.717, 1.165) is 25.1 Å². The van der Waals surface area contributed by atoms with Gasteiger partial charge in [0.1, 0.15) is 0 Å². The van der Waals surface area contributed by atoms with Crippen molar-refractivity contribution in [3.63, 3.8) is 0 Å². The summed E-state index contributed by atoms with van der Waals surface area (Å²) in [5.41, 5.74) is 9.15. The Morgan fingerprint density at radius 2 is 2.10 bits per heavy atom. The Balaban J connectivity index is 1.94. The largest absolute Gasteiger partial charge is 0.399 e. The summed E-state index contributed by atoms with van der Waals surface area (Å²) in [4.78, 5) is 2.29. The molecule has 0 amide bonds. The number of nitrogens with two attached hydrogens (primary N) is 1. The molecule has 0 saturated carbocycles. The van der Waals surface area contributed by atoms with Gasteiger partial charge in [-0.1, -0.05) is 44.6 Å². The second kappa shape index (κ2) is 5.98. The molecule has 1 heterocycles. The minimum absolute atomic E-state index is 0.262. The fourth-order valence-electron chi connectivity index (χ4n) is 2.67. The number of nitrogens with zero attached hydrogens (tertiary/aromatic N) is 1. The topological polar surface area (TPSA) is 49.5 Å². The Kier molecular flexibility index (Phi) is 4.51. The molecule has 3 nitrogen and oxygen atoms in total. The van der Waals surface area contributed by atoms with Crippen LogP contribution < -0.4 is 5.73 Å². The second-order valence-electron chi connectivity index (χ2n) is 6.67. The highest BCUT2D eigenvalue weighted by Crippen LogP contribution is 2.30. The summed E-state index contributed by atoms with van der Waals surface area (Å²) in [5, 5.41) is 10.3. The van der Waals surface area contributed by atoms with E-state index in [-0.39, 0.29) is 5.41 Å². The minimum Gasteiger partial charge on any atom is -0.399 e. The van der Waals surface area contributed by atoms with E-state index in [1.165, 1.54) is 5.57 Å². The summed E-state index contributed by atoms with van der Waals surface area (Å²) in [6.07, 6.45) is 2.94. The van der Waals surface area contributed by atoms with Crippen molar-refractivity contribution in [2.75, 3.05) is 25.4 Å². The number of nitrogen functional groups attached to an aromatic ring is 1. The van der Waals surface area contributed by atoms with Crippen LogP contribution in [0.3, 0.4) is 0 Å². The third kappa shape index (κ3) is 3.84. The number of aliphatic hydroxyl groups is 1. The minimum atomic E-state index is -0.469. The Morgan fingerprint density at radius 3 is 2.65 bits per heavy atom. The zero-order valence-corrected chi connectivity index (χ0v) is 12.8. The van der Waals surface area contributed by atoms with E-state index in [1.807, 2.05) is 24.3 Å². The van der Waals surface area contributed by atoms with Crippen molar-refractivity contribution in [2.45, 2.75) is 33.3 Å². The zero-order valence-electron chi connectivity index (χ0n) is 12.8. The third-order valence-electron chi connectivity index (χ3n) is 3.98. The van der Waals surface area contributed by atoms with Crippen LogP contribution in [-0.2, 0) is 0 Å². The van der Waals surface area contributed by atoms with Crippen molar-refractivity contribution in [1.29, 1.82) is 0 Å². The average molecular weight is 274 g/mol. The molecule has 1 unspecified atom stereocenters. The first-order chi connectivity index (χ1) is 9.36. The molecule has 1 aliphatic rings. The molecule has 0 spiro atoms. The first-order valence-corrected chi connectivity index (χ1v) is 7.31. The number of hydrogen-bond acceptors (Lipinski definition) is 3. The van der Waals surface area contributed by atoms with Crippen molar-refractivity contribution in [1.82, 2.24) is 4.90 Å². The van der Waals surface area contributed by atoms with Gasteiger partial charge >= 0.3 is 0 Å². The molecule has 1 aromatic carbocycles. The van der Waals surface area contributed by atoms with Crippen LogP contribution in [0, 0.1) is 5.41 Å². The maximum absolute atomic E-state index is 10.3. The number of benzene rings is 1. The van der Waals surface area contributed by atoms with Gasteiger partial charge in [0.2, 0.25) is 0 Å². The molecule has 3 N–H and O–H groups in total. The number of hydrogen-bond donors (Lipinski definition) is 2. The summed E-state index contributed by atoms with van der Waals surface area (Å²) >= 11 is 0. The molecule has 1 aliphatic heterocycles. The van der Waals surface area contributed by atoms with Crippen LogP contribution in [-0.4, -0.2) is 29.6 Å². The number of anilines is 1. The van der Waals surface area contributed by atoms with Gasteiger partial charge in [-0.15, -0.1) is 0 Å². The lowest BCUT2D eigenvalue weighted by Gasteiger charge is -2.33. The zero-order chi connectivity index (χ0) is 14.8. The van der Waals surface area contributed by atoms with Crippen molar-refractivity contribution in [3.8, 4) is 0 Å². The molecule has 0 aromatic heterocycles. The number of β-amino-alcohol motifs (C(OH)–C–C–N with tert-alkyl or cyclic N) is 1. The highest BCUT2D eigenvalue weighted by molar-refractivity contribution is 5.41. The van der Waals surface area contributed by atoms with Gasteiger partial charge in [-0.25, -0.2) is 0 Å². The molecular weight excluding hydrogens is 248 g/mol. The molecule has 0 radical (unpaired) electrons. The summed E-state index contributed by atoms with van der Waals surface area (Å²) in [5.74, 6) is 0. The van der Waals surface area contributed by atoms with Crippen LogP contribution in [0.25, 0.3) is 0 Å². The molecule has 0 saturated heterocycles. The van der Waals surface area contributed by atoms with Crippen molar-refractivity contribution >= 4 is 5.69 Å². The first-order valence-electron chi connectivity index (χ1n) is 7.31. The lowest BCUT2D eigenvalue weighted by atomic mass is 9.83. The molecule has 20 heavy (non-hydrogen) atoms. The fourth-order valence-corrected chi connectivity index (χ4v) is 2.67. The van der Waals surface area contributed by atoms with Gasteiger partial charge in [-0.2, -0.15) is 0 Å². The summed E-state index contributed by atoms with van der Waals surface area (Å²) in [6.45, 7) is 9.38. The Hall–Kier alpha value is -1.32. The molecule has 110 valence electrons. The Labute approximate surface area is 122 Å². The molecule has 0 bridgehead atoms. The maximum Gasteiger partial charge on any atom is 0.0917 e. The van der Waals surface area contributed by atoms with E-state index in [9.17, 15) is 5.11 Å². The van der Waals surface area contributed by atoms with Gasteiger partial charge in [0, 0.05) is 25.3 Å². The van der Waals surface area contributed by atoms with E-state index in [4.69, 9.17) is 5.73 Å². The van der Waals surface area contributed by atoms with Crippen LogP contribution in [0.15, 0.2) is 35.9 Å². The second-order valence-corrected chi connectivity index (χ2v) is 6.67. The van der Waals surface area contributed by atoms with E-state index in [1.54, 1.807) is 0 Å². The van der Waals surface area contributed by atoms with Crippen LogP contribution >= 0.6 is 0 Å². The van der Waals surface area contributed by atoms with Gasteiger partial charge < -0.3 is 10.8 Å². The molecule has 2 rings (SSSR count). The first kappa shape index (κ1) is 15.1. The van der Waals surface area contributed by atoms with E-state index >= 15 is 0 Å². The maximum atomic E-state index is 10.3. The van der Waals surface area contributed by atoms with Gasteiger partial charge in [0.25, 0.3) is 0 Å². The van der Waals surface area contributed by atoms with E-state index in [0.29, 0.717) is 12.2 Å². The van der Waals surface area contributed by atoms with E-state index < -0.39 is 6.10 Å². The Morgan fingerprint density at radius 1 is 1.35 bits per heavy atom. The van der Waals surface area contributed by atoms with Crippen molar-refractivity contribution < 1.29 is 5.11 Å². The predicted molar refractivity (Wildman–Crippen MR) is 84.4 cm³/mol. The summed E-state index contributed by atoms with van der Waals surface area (Å²) in [7, 11) is 0. The molecule has 3 heteroatoms. The normalized spacial score (nSPS) is 18.7. The van der Waals surface area contributed by atoms with E-state index in [2.05, 4.69) is 31.7 Å². The molecule has 0 aliphatic carbocycles.